The summed E-state index contributed by atoms with van der Waals surface area (Å²) in [5, 5.41) is 0. The predicted octanol–water partition coefficient (Wildman–Crippen LogP) is 2.81. The number of hydrogen-bond donors (Lipinski definition) is 0. The Hall–Kier alpha value is -0.730. The lowest BCUT2D eigenvalue weighted by Gasteiger charge is -2.20. The first-order valence-electron chi connectivity index (χ1n) is 6.77. The minimum atomic E-state index is 0.133. The van der Waals surface area contributed by atoms with Crippen LogP contribution in [0.25, 0.3) is 0 Å². The van der Waals surface area contributed by atoms with Gasteiger partial charge in [0.25, 0.3) is 6.02 Å². The highest BCUT2D eigenvalue weighted by molar-refractivity contribution is 5.76. The number of ether oxygens (including phenoxy) is 1. The molecule has 0 aromatic heterocycles. The number of nitrogens with zero attached hydrogens (tertiary/aromatic N) is 2. The van der Waals surface area contributed by atoms with Crippen molar-refractivity contribution in [2.45, 2.75) is 57.9 Å². The molecule has 1 fully saturated rings. The maximum atomic E-state index is 5.82. The molecule has 16 heavy (non-hydrogen) atoms. The van der Waals surface area contributed by atoms with Gasteiger partial charge in [0.15, 0.2) is 0 Å². The van der Waals surface area contributed by atoms with Crippen molar-refractivity contribution in [1.29, 1.82) is 0 Å². The van der Waals surface area contributed by atoms with E-state index in [1.807, 2.05) is 0 Å². The second-order valence-corrected chi connectivity index (χ2v) is 4.99. The van der Waals surface area contributed by atoms with Gasteiger partial charge in [0.1, 0.15) is 12.1 Å². The van der Waals surface area contributed by atoms with Gasteiger partial charge < -0.3 is 9.64 Å². The van der Waals surface area contributed by atoms with E-state index < -0.39 is 0 Å². The summed E-state index contributed by atoms with van der Waals surface area (Å²) in [4.78, 5) is 7.12. The van der Waals surface area contributed by atoms with Gasteiger partial charge in [-0.25, -0.2) is 4.99 Å². The molecule has 1 spiro atoms. The monoisotopic (exact) mass is 224 g/mol. The average Bonchev–Trinajstić information content (AvgIpc) is 2.56. The van der Waals surface area contributed by atoms with Crippen LogP contribution < -0.4 is 0 Å². The molecule has 0 unspecified atom stereocenters. The lowest BCUT2D eigenvalue weighted by molar-refractivity contribution is 0.210. The van der Waals surface area contributed by atoms with Crippen LogP contribution in [0.1, 0.15) is 52.4 Å². The fraction of sp³-hybridized carbons (Fsp3) is 0.923. The topological polar surface area (TPSA) is 24.8 Å². The summed E-state index contributed by atoms with van der Waals surface area (Å²) < 4.78 is 5.82. The third-order valence-electron chi connectivity index (χ3n) is 3.87. The van der Waals surface area contributed by atoms with Crippen molar-refractivity contribution < 1.29 is 4.74 Å². The first-order valence-corrected chi connectivity index (χ1v) is 6.77. The van der Waals surface area contributed by atoms with Gasteiger partial charge in [0, 0.05) is 13.1 Å². The minimum Gasteiger partial charge on any atom is -0.463 e. The molecular formula is C13H24N2O. The van der Waals surface area contributed by atoms with Gasteiger partial charge in [-0.3, -0.25) is 0 Å². The number of aliphatic imine (C=N–C) groups is 1. The van der Waals surface area contributed by atoms with Crippen molar-refractivity contribution in [2.75, 3.05) is 19.7 Å². The number of amidine groups is 1. The van der Waals surface area contributed by atoms with Gasteiger partial charge in [-0.1, -0.05) is 25.7 Å². The Labute approximate surface area is 98.9 Å². The summed E-state index contributed by atoms with van der Waals surface area (Å²) >= 11 is 0. The summed E-state index contributed by atoms with van der Waals surface area (Å²) in [6, 6.07) is 0.895. The Bertz CT molecular complexity index is 251. The highest BCUT2D eigenvalue weighted by Gasteiger charge is 2.37. The Morgan fingerprint density at radius 3 is 2.31 bits per heavy atom. The molecule has 1 aliphatic heterocycles. The standard InChI is InChI=1S/C13H24N2O/c1-3-15(4-2)12-14-13(11-16-12)9-7-5-6-8-10-13/h3-11H2,1-2H3. The number of rotatable bonds is 2. The maximum Gasteiger partial charge on any atom is 0.288 e. The molecule has 0 aromatic carbocycles. The van der Waals surface area contributed by atoms with E-state index in [1.165, 1.54) is 38.5 Å². The fourth-order valence-electron chi connectivity index (χ4n) is 2.77. The number of hydrogen-bond acceptors (Lipinski definition) is 3. The van der Waals surface area contributed by atoms with E-state index in [9.17, 15) is 0 Å². The van der Waals surface area contributed by atoms with Crippen LogP contribution in [0.4, 0.5) is 0 Å². The predicted molar refractivity (Wildman–Crippen MR) is 66.7 cm³/mol. The molecule has 2 aliphatic rings. The highest BCUT2D eigenvalue weighted by atomic mass is 16.5. The van der Waals surface area contributed by atoms with E-state index in [4.69, 9.17) is 9.73 Å². The molecule has 0 radical (unpaired) electrons. The molecule has 0 saturated heterocycles. The van der Waals surface area contributed by atoms with Crippen LogP contribution in [0.3, 0.4) is 0 Å². The third kappa shape index (κ3) is 2.33. The SMILES string of the molecule is CCN(CC)C1=NC2(CCCCCC2)CO1. The van der Waals surface area contributed by atoms with Crippen LogP contribution in [0.5, 0.6) is 0 Å². The molecule has 0 N–H and O–H groups in total. The summed E-state index contributed by atoms with van der Waals surface area (Å²) in [5.41, 5.74) is 0.133. The Kier molecular flexibility index (Phi) is 3.72. The molecular weight excluding hydrogens is 200 g/mol. The average molecular weight is 224 g/mol. The second-order valence-electron chi connectivity index (χ2n) is 4.99. The van der Waals surface area contributed by atoms with E-state index in [-0.39, 0.29) is 5.54 Å². The van der Waals surface area contributed by atoms with Gasteiger partial charge in [-0.2, -0.15) is 0 Å². The molecule has 1 heterocycles. The van der Waals surface area contributed by atoms with Gasteiger partial charge in [0.05, 0.1) is 0 Å². The first-order chi connectivity index (χ1) is 7.79. The van der Waals surface area contributed by atoms with Crippen molar-refractivity contribution in [3.05, 3.63) is 0 Å². The molecule has 2 rings (SSSR count). The summed E-state index contributed by atoms with van der Waals surface area (Å²) in [7, 11) is 0. The summed E-state index contributed by atoms with van der Waals surface area (Å²) in [5.74, 6) is 0. The van der Waals surface area contributed by atoms with Crippen LogP contribution in [-0.4, -0.2) is 36.2 Å². The Balaban J connectivity index is 2.07. The molecule has 0 amide bonds. The lowest BCUT2D eigenvalue weighted by Crippen LogP contribution is -2.30. The highest BCUT2D eigenvalue weighted by Crippen LogP contribution is 2.34. The van der Waals surface area contributed by atoms with Gasteiger partial charge in [0.2, 0.25) is 0 Å². The van der Waals surface area contributed by atoms with Gasteiger partial charge >= 0.3 is 0 Å². The van der Waals surface area contributed by atoms with Crippen molar-refractivity contribution in [3.8, 4) is 0 Å². The molecule has 0 bridgehead atoms. The molecule has 0 aromatic rings. The minimum absolute atomic E-state index is 0.133. The van der Waals surface area contributed by atoms with Crippen molar-refractivity contribution in [2.24, 2.45) is 4.99 Å². The van der Waals surface area contributed by atoms with Crippen LogP contribution in [0, 0.1) is 0 Å². The Morgan fingerprint density at radius 1 is 1.12 bits per heavy atom. The zero-order valence-electron chi connectivity index (χ0n) is 10.7. The Morgan fingerprint density at radius 2 is 1.75 bits per heavy atom. The van der Waals surface area contributed by atoms with Crippen molar-refractivity contribution in [3.63, 3.8) is 0 Å². The summed E-state index contributed by atoms with van der Waals surface area (Å²) in [6.45, 7) is 7.12. The van der Waals surface area contributed by atoms with E-state index >= 15 is 0 Å². The van der Waals surface area contributed by atoms with Crippen molar-refractivity contribution in [1.82, 2.24) is 4.90 Å². The molecule has 92 valence electrons. The lowest BCUT2D eigenvalue weighted by atomic mass is 9.93. The molecule has 1 aliphatic carbocycles. The maximum absolute atomic E-state index is 5.82. The van der Waals surface area contributed by atoms with E-state index in [0.29, 0.717) is 0 Å². The van der Waals surface area contributed by atoms with E-state index in [2.05, 4.69) is 18.7 Å². The summed E-state index contributed by atoms with van der Waals surface area (Å²) in [6.07, 6.45) is 7.82. The zero-order valence-corrected chi connectivity index (χ0v) is 10.7. The third-order valence-corrected chi connectivity index (χ3v) is 3.87. The van der Waals surface area contributed by atoms with Crippen LogP contribution >= 0.6 is 0 Å². The molecule has 3 heteroatoms. The first kappa shape index (κ1) is 11.7. The molecule has 3 nitrogen and oxygen atoms in total. The normalized spacial score (nSPS) is 23.8. The van der Waals surface area contributed by atoms with E-state index in [0.717, 1.165) is 25.7 Å². The van der Waals surface area contributed by atoms with Gasteiger partial charge in [-0.05, 0) is 26.7 Å². The quantitative estimate of drug-likeness (QED) is 0.720. The smallest absolute Gasteiger partial charge is 0.288 e. The second kappa shape index (κ2) is 5.07. The van der Waals surface area contributed by atoms with E-state index in [1.54, 1.807) is 0 Å². The van der Waals surface area contributed by atoms with Crippen LogP contribution in [0.15, 0.2) is 4.99 Å². The van der Waals surface area contributed by atoms with Crippen molar-refractivity contribution >= 4 is 6.02 Å². The molecule has 0 atom stereocenters. The van der Waals surface area contributed by atoms with Crippen LogP contribution in [-0.2, 0) is 4.74 Å². The zero-order chi connectivity index (χ0) is 11.4. The van der Waals surface area contributed by atoms with Gasteiger partial charge in [-0.15, -0.1) is 0 Å². The fourth-order valence-corrected chi connectivity index (χ4v) is 2.77. The van der Waals surface area contributed by atoms with Crippen LogP contribution in [0.2, 0.25) is 0 Å². The molecule has 1 saturated carbocycles. The largest absolute Gasteiger partial charge is 0.463 e.